The summed E-state index contributed by atoms with van der Waals surface area (Å²) in [7, 11) is 0. The van der Waals surface area contributed by atoms with Gasteiger partial charge in [-0.25, -0.2) is 4.98 Å². The van der Waals surface area contributed by atoms with Gasteiger partial charge in [0.05, 0.1) is 11.1 Å². The second-order valence-electron chi connectivity index (χ2n) is 2.96. The molecule has 0 N–H and O–H groups in total. The summed E-state index contributed by atoms with van der Waals surface area (Å²) in [6.45, 7) is 1.51. The Morgan fingerprint density at radius 2 is 2.25 bits per heavy atom. The number of halogens is 1. The molecule has 0 aromatic carbocycles. The van der Waals surface area contributed by atoms with E-state index in [9.17, 15) is 10.1 Å². The van der Waals surface area contributed by atoms with E-state index in [0.29, 0.717) is 5.82 Å². The van der Waals surface area contributed by atoms with Crippen molar-refractivity contribution in [3.8, 4) is 5.82 Å². The molecule has 82 valence electrons. The maximum Gasteiger partial charge on any atom is 0.329 e. The Hall–Kier alpha value is -2.02. The van der Waals surface area contributed by atoms with Crippen LogP contribution in [0.3, 0.4) is 0 Å². The molecule has 0 spiro atoms. The topological polar surface area (TPSA) is 86.7 Å². The third-order valence-corrected chi connectivity index (χ3v) is 2.26. The summed E-state index contributed by atoms with van der Waals surface area (Å²) >= 11 is 5.85. The first kappa shape index (κ1) is 10.5. The van der Waals surface area contributed by atoms with Crippen molar-refractivity contribution < 1.29 is 4.92 Å². The van der Waals surface area contributed by atoms with Gasteiger partial charge in [0.2, 0.25) is 5.15 Å². The molecule has 0 unspecified atom stereocenters. The van der Waals surface area contributed by atoms with Crippen LogP contribution in [0.5, 0.6) is 0 Å². The van der Waals surface area contributed by atoms with Gasteiger partial charge in [-0.1, -0.05) is 11.6 Å². The van der Waals surface area contributed by atoms with Crippen LogP contribution in [-0.4, -0.2) is 24.7 Å². The molecule has 0 fully saturated rings. The fourth-order valence-electron chi connectivity index (χ4n) is 1.25. The standard InChI is InChI=1S/C8H6ClN5O2/c1-5-7(14(15)16)8(9)13(12-5)6-4-10-2-3-11-6/h2-4H,1H3. The van der Waals surface area contributed by atoms with E-state index in [0.717, 1.165) is 0 Å². The lowest BCUT2D eigenvalue weighted by Crippen LogP contribution is -2.00. The maximum atomic E-state index is 10.7. The summed E-state index contributed by atoms with van der Waals surface area (Å²) < 4.78 is 1.18. The van der Waals surface area contributed by atoms with Crippen LogP contribution in [0.25, 0.3) is 5.82 Å². The summed E-state index contributed by atoms with van der Waals surface area (Å²) in [5.74, 6) is 0.337. The minimum atomic E-state index is -0.572. The fraction of sp³-hybridized carbons (Fsp3) is 0.125. The molecule has 0 aliphatic carbocycles. The molecule has 0 aliphatic heterocycles. The normalized spacial score (nSPS) is 10.4. The minimum Gasteiger partial charge on any atom is -0.259 e. The number of hydrogen-bond acceptors (Lipinski definition) is 5. The molecule has 0 radical (unpaired) electrons. The molecular weight excluding hydrogens is 234 g/mol. The predicted molar refractivity (Wildman–Crippen MR) is 55.6 cm³/mol. The molecule has 0 bridgehead atoms. The van der Waals surface area contributed by atoms with Gasteiger partial charge in [0, 0.05) is 12.4 Å². The molecule has 0 saturated heterocycles. The number of aryl methyl sites for hydroxylation is 1. The van der Waals surface area contributed by atoms with Crippen LogP contribution in [-0.2, 0) is 0 Å². The van der Waals surface area contributed by atoms with Gasteiger partial charge in [0.15, 0.2) is 5.82 Å². The van der Waals surface area contributed by atoms with Gasteiger partial charge < -0.3 is 0 Å². The van der Waals surface area contributed by atoms with E-state index in [-0.39, 0.29) is 16.5 Å². The van der Waals surface area contributed by atoms with Crippen LogP contribution >= 0.6 is 11.6 Å². The number of nitrogens with zero attached hydrogens (tertiary/aromatic N) is 5. The largest absolute Gasteiger partial charge is 0.329 e. The van der Waals surface area contributed by atoms with Gasteiger partial charge in [-0.15, -0.1) is 0 Å². The summed E-state index contributed by atoms with van der Waals surface area (Å²) in [5, 5.41) is 14.6. The lowest BCUT2D eigenvalue weighted by atomic mass is 10.4. The Morgan fingerprint density at radius 1 is 1.50 bits per heavy atom. The van der Waals surface area contributed by atoms with Crippen molar-refractivity contribution in [2.75, 3.05) is 0 Å². The van der Waals surface area contributed by atoms with E-state index in [2.05, 4.69) is 15.1 Å². The second-order valence-corrected chi connectivity index (χ2v) is 3.32. The van der Waals surface area contributed by atoms with Crippen molar-refractivity contribution in [2.45, 2.75) is 6.92 Å². The second kappa shape index (κ2) is 3.86. The van der Waals surface area contributed by atoms with E-state index in [1.54, 1.807) is 0 Å². The highest BCUT2D eigenvalue weighted by atomic mass is 35.5. The number of aromatic nitrogens is 4. The first-order chi connectivity index (χ1) is 7.61. The fourth-order valence-corrected chi connectivity index (χ4v) is 1.58. The lowest BCUT2D eigenvalue weighted by molar-refractivity contribution is -0.385. The summed E-state index contributed by atoms with van der Waals surface area (Å²) in [6, 6.07) is 0. The summed E-state index contributed by atoms with van der Waals surface area (Å²) in [4.78, 5) is 17.9. The molecular formula is C8H6ClN5O2. The van der Waals surface area contributed by atoms with E-state index >= 15 is 0 Å². The van der Waals surface area contributed by atoms with Crippen LogP contribution in [0.2, 0.25) is 5.15 Å². The smallest absolute Gasteiger partial charge is 0.259 e. The zero-order chi connectivity index (χ0) is 11.7. The molecule has 16 heavy (non-hydrogen) atoms. The van der Waals surface area contributed by atoms with Crippen LogP contribution in [0.1, 0.15) is 5.69 Å². The minimum absolute atomic E-state index is 0.0806. The van der Waals surface area contributed by atoms with E-state index in [4.69, 9.17) is 11.6 Å². The van der Waals surface area contributed by atoms with Crippen LogP contribution in [0, 0.1) is 17.0 Å². The average molecular weight is 240 g/mol. The van der Waals surface area contributed by atoms with Crippen molar-refractivity contribution in [3.63, 3.8) is 0 Å². The highest BCUT2D eigenvalue weighted by molar-refractivity contribution is 6.32. The molecule has 0 amide bonds. The maximum absolute atomic E-state index is 10.7. The number of hydrogen-bond donors (Lipinski definition) is 0. The Morgan fingerprint density at radius 3 is 2.75 bits per heavy atom. The van der Waals surface area contributed by atoms with Crippen molar-refractivity contribution in [1.29, 1.82) is 0 Å². The van der Waals surface area contributed by atoms with Gasteiger partial charge in [0.25, 0.3) is 0 Å². The third-order valence-electron chi connectivity index (χ3n) is 1.92. The molecule has 2 aromatic rings. The highest BCUT2D eigenvalue weighted by Gasteiger charge is 2.24. The first-order valence-electron chi connectivity index (χ1n) is 4.27. The Bertz CT molecular complexity index is 539. The molecule has 7 nitrogen and oxygen atoms in total. The van der Waals surface area contributed by atoms with E-state index in [1.165, 1.54) is 30.2 Å². The molecule has 0 aliphatic rings. The average Bonchev–Trinajstić information content (AvgIpc) is 2.55. The van der Waals surface area contributed by atoms with Crippen molar-refractivity contribution >= 4 is 17.3 Å². The molecule has 0 saturated carbocycles. The van der Waals surface area contributed by atoms with Gasteiger partial charge in [-0.3, -0.25) is 15.1 Å². The predicted octanol–water partition coefficient (Wildman–Crippen LogP) is 1.53. The zero-order valence-electron chi connectivity index (χ0n) is 8.16. The van der Waals surface area contributed by atoms with Crippen molar-refractivity contribution in [3.05, 3.63) is 39.6 Å². The third kappa shape index (κ3) is 1.61. The van der Waals surface area contributed by atoms with Crippen molar-refractivity contribution in [1.82, 2.24) is 19.7 Å². The summed E-state index contributed by atoms with van der Waals surface area (Å²) in [6.07, 6.45) is 4.36. The Labute approximate surface area is 94.9 Å². The van der Waals surface area contributed by atoms with Gasteiger partial charge in [0.1, 0.15) is 5.69 Å². The van der Waals surface area contributed by atoms with Gasteiger partial charge in [-0.05, 0) is 6.92 Å². The Kier molecular flexibility index (Phi) is 2.53. The summed E-state index contributed by atoms with van der Waals surface area (Å²) in [5.41, 5.74) is 0.0213. The number of nitro groups is 1. The molecule has 8 heteroatoms. The molecule has 2 heterocycles. The lowest BCUT2D eigenvalue weighted by Gasteiger charge is -1.98. The highest BCUT2D eigenvalue weighted by Crippen LogP contribution is 2.29. The van der Waals surface area contributed by atoms with E-state index < -0.39 is 4.92 Å². The van der Waals surface area contributed by atoms with Crippen molar-refractivity contribution in [2.24, 2.45) is 0 Å². The first-order valence-corrected chi connectivity index (χ1v) is 4.65. The zero-order valence-corrected chi connectivity index (χ0v) is 8.92. The SMILES string of the molecule is Cc1nn(-c2cnccn2)c(Cl)c1[N+](=O)[O-]. The van der Waals surface area contributed by atoms with Gasteiger partial charge in [-0.2, -0.15) is 9.78 Å². The van der Waals surface area contributed by atoms with E-state index in [1.807, 2.05) is 0 Å². The monoisotopic (exact) mass is 239 g/mol. The quantitative estimate of drug-likeness (QED) is 0.586. The Balaban J connectivity index is 2.61. The van der Waals surface area contributed by atoms with Crippen LogP contribution in [0.15, 0.2) is 18.6 Å². The van der Waals surface area contributed by atoms with Gasteiger partial charge >= 0.3 is 5.69 Å². The van der Waals surface area contributed by atoms with Crippen LogP contribution in [0.4, 0.5) is 5.69 Å². The van der Waals surface area contributed by atoms with Crippen LogP contribution < -0.4 is 0 Å². The molecule has 2 rings (SSSR count). The molecule has 0 atom stereocenters. The molecule has 2 aromatic heterocycles. The number of rotatable bonds is 2.